The van der Waals surface area contributed by atoms with Crippen molar-refractivity contribution in [2.75, 3.05) is 11.5 Å². The van der Waals surface area contributed by atoms with Gasteiger partial charge < -0.3 is 5.73 Å². The third kappa shape index (κ3) is 1.97. The summed E-state index contributed by atoms with van der Waals surface area (Å²) in [6.45, 7) is 2.15. The molecule has 0 fully saturated rings. The zero-order chi connectivity index (χ0) is 12.5. The Kier molecular flexibility index (Phi) is 2.97. The van der Waals surface area contributed by atoms with Crippen LogP contribution in [0.1, 0.15) is 6.92 Å². The number of nitrogen functional groups attached to an aromatic ring is 1. The lowest BCUT2D eigenvalue weighted by atomic mass is 10.2. The van der Waals surface area contributed by atoms with Crippen molar-refractivity contribution >= 4 is 34.0 Å². The summed E-state index contributed by atoms with van der Waals surface area (Å²) >= 11 is 3.39. The van der Waals surface area contributed by atoms with Crippen molar-refractivity contribution in [3.8, 4) is 11.3 Å². The minimum absolute atomic E-state index is 0.321. The molecule has 0 amide bonds. The first-order chi connectivity index (χ1) is 8.78. The Labute approximate surface area is 113 Å². The van der Waals surface area contributed by atoms with E-state index in [1.165, 1.54) is 4.90 Å². The van der Waals surface area contributed by atoms with Crippen LogP contribution >= 0.6 is 23.1 Å². The van der Waals surface area contributed by atoms with Crippen LogP contribution in [0.4, 0.5) is 5.95 Å². The lowest BCUT2D eigenvalue weighted by Gasteiger charge is -2.01. The second-order valence-electron chi connectivity index (χ2n) is 3.74. The van der Waals surface area contributed by atoms with Crippen LogP contribution in [0.25, 0.3) is 16.2 Å². The van der Waals surface area contributed by atoms with Crippen LogP contribution in [0.15, 0.2) is 34.5 Å². The predicted octanol–water partition coefficient (Wildman–Crippen LogP) is 3.15. The summed E-state index contributed by atoms with van der Waals surface area (Å²) < 4.78 is 1.79. The van der Waals surface area contributed by atoms with Gasteiger partial charge >= 0.3 is 0 Å². The molecule has 4 nitrogen and oxygen atoms in total. The largest absolute Gasteiger partial charge is 0.366 e. The molecule has 0 aliphatic heterocycles. The smallest absolute Gasteiger partial charge is 0.241 e. The van der Waals surface area contributed by atoms with Gasteiger partial charge in [-0.25, -0.2) is 4.52 Å². The van der Waals surface area contributed by atoms with Crippen LogP contribution in [0.2, 0.25) is 0 Å². The molecule has 6 heteroatoms. The van der Waals surface area contributed by atoms with Gasteiger partial charge in [-0.2, -0.15) is 4.98 Å². The van der Waals surface area contributed by atoms with Crippen LogP contribution in [0.3, 0.4) is 0 Å². The molecule has 0 aliphatic rings. The highest BCUT2D eigenvalue weighted by atomic mass is 32.2. The molecule has 18 heavy (non-hydrogen) atoms. The van der Waals surface area contributed by atoms with Crippen molar-refractivity contribution in [1.29, 1.82) is 0 Å². The summed E-state index contributed by atoms with van der Waals surface area (Å²) in [5.74, 6) is 1.41. The molecule has 0 saturated heterocycles. The molecule has 92 valence electrons. The highest BCUT2D eigenvalue weighted by Crippen LogP contribution is 2.27. The van der Waals surface area contributed by atoms with Crippen LogP contribution in [0, 0.1) is 0 Å². The van der Waals surface area contributed by atoms with E-state index in [9.17, 15) is 0 Å². The van der Waals surface area contributed by atoms with Crippen LogP contribution in [0.5, 0.6) is 0 Å². The Morgan fingerprint density at radius 3 is 2.83 bits per heavy atom. The van der Waals surface area contributed by atoms with Crippen LogP contribution in [-0.4, -0.2) is 20.4 Å². The number of anilines is 1. The number of hydrogen-bond donors (Lipinski definition) is 1. The first-order valence-electron chi connectivity index (χ1n) is 5.61. The number of hydrogen-bond acceptors (Lipinski definition) is 5. The molecule has 0 radical (unpaired) electrons. The zero-order valence-corrected chi connectivity index (χ0v) is 11.5. The summed E-state index contributed by atoms with van der Waals surface area (Å²) in [6.07, 6.45) is 0. The third-order valence-electron chi connectivity index (χ3n) is 2.56. The third-order valence-corrected chi connectivity index (χ3v) is 4.27. The van der Waals surface area contributed by atoms with Crippen LogP contribution in [-0.2, 0) is 0 Å². The van der Waals surface area contributed by atoms with Gasteiger partial charge in [0.2, 0.25) is 10.9 Å². The molecule has 0 bridgehead atoms. The normalized spacial score (nSPS) is 11.2. The molecule has 0 saturated carbocycles. The molecule has 2 N–H and O–H groups in total. The number of benzene rings is 1. The zero-order valence-electron chi connectivity index (χ0n) is 9.83. The number of fused-ring (bicyclic) bond motifs is 1. The second-order valence-corrected chi connectivity index (χ2v) is 5.92. The van der Waals surface area contributed by atoms with Gasteiger partial charge in [0.25, 0.3) is 0 Å². The van der Waals surface area contributed by atoms with Gasteiger partial charge in [0.15, 0.2) is 0 Å². The molecule has 0 aliphatic carbocycles. The van der Waals surface area contributed by atoms with E-state index in [1.807, 2.05) is 11.8 Å². The van der Waals surface area contributed by atoms with Gasteiger partial charge in [-0.05, 0) is 17.9 Å². The Bertz CT molecular complexity index is 669. The maximum atomic E-state index is 5.61. The molecule has 1 aromatic carbocycles. The number of nitrogens with zero attached hydrogens (tertiary/aromatic N) is 3. The predicted molar refractivity (Wildman–Crippen MR) is 77.1 cm³/mol. The molecule has 3 aromatic rings. The van der Waals surface area contributed by atoms with E-state index in [-0.39, 0.29) is 0 Å². The number of nitrogens with two attached hydrogens (primary N) is 1. The molecule has 0 spiro atoms. The summed E-state index contributed by atoms with van der Waals surface area (Å²) in [6, 6.07) is 8.48. The number of rotatable bonds is 3. The van der Waals surface area contributed by atoms with Gasteiger partial charge in [-0.3, -0.25) is 0 Å². The first kappa shape index (κ1) is 11.6. The SMILES string of the molecule is CCSc1ccc(-c2csc3nc(N)nn23)cc1. The molecular formula is C12H12N4S2. The van der Waals surface area contributed by atoms with Gasteiger partial charge in [0.05, 0.1) is 5.69 Å². The second kappa shape index (κ2) is 4.62. The fraction of sp³-hybridized carbons (Fsp3) is 0.167. The molecular weight excluding hydrogens is 264 g/mol. The molecule has 2 heterocycles. The Morgan fingerprint density at radius 1 is 1.33 bits per heavy atom. The summed E-state index contributed by atoms with van der Waals surface area (Å²) in [7, 11) is 0. The summed E-state index contributed by atoms with van der Waals surface area (Å²) in [4.78, 5) is 6.26. The average molecular weight is 276 g/mol. The number of aromatic nitrogens is 3. The Hall–Kier alpha value is -1.53. The van der Waals surface area contributed by atoms with Gasteiger partial charge in [-0.1, -0.05) is 19.1 Å². The van der Waals surface area contributed by atoms with Crippen molar-refractivity contribution in [3.05, 3.63) is 29.6 Å². The lowest BCUT2D eigenvalue weighted by molar-refractivity contribution is 0.992. The number of thiazole rings is 1. The molecule has 2 aromatic heterocycles. The average Bonchev–Trinajstić information content (AvgIpc) is 2.89. The van der Waals surface area contributed by atoms with E-state index in [0.29, 0.717) is 5.95 Å². The minimum Gasteiger partial charge on any atom is -0.366 e. The van der Waals surface area contributed by atoms with Crippen molar-refractivity contribution in [2.24, 2.45) is 0 Å². The van der Waals surface area contributed by atoms with E-state index < -0.39 is 0 Å². The lowest BCUT2D eigenvalue weighted by Crippen LogP contribution is -1.91. The highest BCUT2D eigenvalue weighted by molar-refractivity contribution is 7.99. The molecule has 3 rings (SSSR count). The van der Waals surface area contributed by atoms with Crippen molar-refractivity contribution in [2.45, 2.75) is 11.8 Å². The van der Waals surface area contributed by atoms with Crippen molar-refractivity contribution in [3.63, 3.8) is 0 Å². The molecule has 0 atom stereocenters. The van der Waals surface area contributed by atoms with E-state index in [4.69, 9.17) is 5.73 Å². The Balaban J connectivity index is 2.02. The fourth-order valence-corrected chi connectivity index (χ4v) is 3.28. The molecule has 0 unspecified atom stereocenters. The van der Waals surface area contributed by atoms with Gasteiger partial charge in [0.1, 0.15) is 0 Å². The van der Waals surface area contributed by atoms with E-state index in [0.717, 1.165) is 22.0 Å². The van der Waals surface area contributed by atoms with Gasteiger partial charge in [-0.15, -0.1) is 28.2 Å². The van der Waals surface area contributed by atoms with Crippen molar-refractivity contribution < 1.29 is 0 Å². The number of thioether (sulfide) groups is 1. The minimum atomic E-state index is 0.321. The summed E-state index contributed by atoms with van der Waals surface area (Å²) in [5, 5.41) is 6.25. The monoisotopic (exact) mass is 276 g/mol. The first-order valence-corrected chi connectivity index (χ1v) is 7.47. The maximum Gasteiger partial charge on any atom is 0.241 e. The quantitative estimate of drug-likeness (QED) is 0.747. The summed E-state index contributed by atoms with van der Waals surface area (Å²) in [5.41, 5.74) is 7.77. The van der Waals surface area contributed by atoms with Gasteiger partial charge in [0, 0.05) is 15.8 Å². The fourth-order valence-electron chi connectivity index (χ4n) is 1.78. The topological polar surface area (TPSA) is 56.2 Å². The Morgan fingerprint density at radius 2 is 2.11 bits per heavy atom. The van der Waals surface area contributed by atoms with Crippen LogP contribution < -0.4 is 5.73 Å². The van der Waals surface area contributed by atoms with E-state index in [2.05, 4.69) is 46.7 Å². The van der Waals surface area contributed by atoms with E-state index in [1.54, 1.807) is 15.9 Å². The standard InChI is InChI=1S/C12H12N4S2/c1-2-17-9-5-3-8(4-6-9)10-7-18-12-14-11(13)15-16(10)12/h3-7H,2H2,1H3,(H2,13,15). The highest BCUT2D eigenvalue weighted by Gasteiger charge is 2.09. The van der Waals surface area contributed by atoms with E-state index >= 15 is 0 Å². The van der Waals surface area contributed by atoms with Crippen molar-refractivity contribution in [1.82, 2.24) is 14.6 Å². The maximum absolute atomic E-state index is 5.61.